The third kappa shape index (κ3) is 6.70. The van der Waals surface area contributed by atoms with Crippen molar-refractivity contribution in [3.8, 4) is 0 Å². The van der Waals surface area contributed by atoms with Crippen LogP contribution in [0.1, 0.15) is 33.5 Å². The van der Waals surface area contributed by atoms with Crippen molar-refractivity contribution >= 4 is 29.7 Å². The van der Waals surface area contributed by atoms with Crippen molar-refractivity contribution in [3.05, 3.63) is 21.4 Å². The van der Waals surface area contributed by atoms with E-state index >= 15 is 0 Å². The van der Waals surface area contributed by atoms with Gasteiger partial charge in [0.15, 0.2) is 0 Å². The minimum absolute atomic E-state index is 0. The van der Waals surface area contributed by atoms with Crippen LogP contribution in [0.25, 0.3) is 0 Å². The molecule has 2 N–H and O–H groups in total. The van der Waals surface area contributed by atoms with Crippen LogP contribution in [-0.2, 0) is 11.2 Å². The Balaban J connectivity index is 0.00000361. The van der Waals surface area contributed by atoms with Crippen molar-refractivity contribution in [3.63, 3.8) is 0 Å². The normalized spacial score (nSPS) is 10.2. The van der Waals surface area contributed by atoms with E-state index in [1.807, 2.05) is 6.07 Å². The molecule has 1 aromatic rings. The summed E-state index contributed by atoms with van der Waals surface area (Å²) in [6.45, 7) is 7.15. The summed E-state index contributed by atoms with van der Waals surface area (Å²) in [5.74, 6) is 0.0315. The van der Waals surface area contributed by atoms with Crippen LogP contribution in [0.2, 0.25) is 0 Å². The Morgan fingerprint density at radius 1 is 1.35 bits per heavy atom. The number of nitrogens with one attached hydrogen (secondary N) is 2. The van der Waals surface area contributed by atoms with Crippen LogP contribution in [0.4, 0.5) is 0 Å². The number of rotatable bonds is 9. The van der Waals surface area contributed by atoms with Crippen LogP contribution in [0.3, 0.4) is 0 Å². The predicted octanol–water partition coefficient (Wildman–Crippen LogP) is 2.40. The molecule has 1 amide bonds. The first-order chi connectivity index (χ1) is 9.19. The fourth-order valence-electron chi connectivity index (χ4n) is 1.80. The number of amides is 1. The SMILES string of the molecule is CCCc1cc(C(=O)NCCNCCOC)sc1C.Cl. The Labute approximate surface area is 131 Å². The summed E-state index contributed by atoms with van der Waals surface area (Å²) >= 11 is 1.58. The maximum absolute atomic E-state index is 12.0. The lowest BCUT2D eigenvalue weighted by Crippen LogP contribution is -2.32. The molecule has 0 saturated heterocycles. The number of carbonyl (C=O) groups is 1. The molecule has 6 heteroatoms. The molecule has 4 nitrogen and oxygen atoms in total. The standard InChI is InChI=1S/C14H24N2O2S.ClH/c1-4-5-12-10-13(19-11(12)2)14(17)16-7-6-15-8-9-18-3;/h10,15H,4-9H2,1-3H3,(H,16,17);1H. The highest BCUT2D eigenvalue weighted by Gasteiger charge is 2.11. The predicted molar refractivity (Wildman–Crippen MR) is 87.4 cm³/mol. The molecular weight excluding hydrogens is 296 g/mol. The highest BCUT2D eigenvalue weighted by molar-refractivity contribution is 7.14. The van der Waals surface area contributed by atoms with E-state index in [4.69, 9.17) is 4.74 Å². The van der Waals surface area contributed by atoms with Crippen LogP contribution in [-0.4, -0.2) is 39.3 Å². The molecule has 0 aliphatic heterocycles. The Hall–Kier alpha value is -0.620. The van der Waals surface area contributed by atoms with Gasteiger partial charge in [-0.05, 0) is 25.0 Å². The molecule has 0 bridgehead atoms. The molecule has 0 aromatic carbocycles. The Kier molecular flexibility index (Phi) is 10.7. The maximum Gasteiger partial charge on any atom is 0.261 e. The van der Waals surface area contributed by atoms with Gasteiger partial charge in [-0.25, -0.2) is 0 Å². The first-order valence-electron chi connectivity index (χ1n) is 6.76. The molecule has 0 saturated carbocycles. The first-order valence-corrected chi connectivity index (χ1v) is 7.57. The van der Waals surface area contributed by atoms with Gasteiger partial charge in [-0.15, -0.1) is 23.7 Å². The molecule has 0 radical (unpaired) electrons. The van der Waals surface area contributed by atoms with Gasteiger partial charge >= 0.3 is 0 Å². The van der Waals surface area contributed by atoms with Gasteiger partial charge in [0.2, 0.25) is 0 Å². The van der Waals surface area contributed by atoms with Gasteiger partial charge in [-0.3, -0.25) is 4.79 Å². The highest BCUT2D eigenvalue weighted by atomic mass is 35.5. The molecule has 0 aliphatic rings. The summed E-state index contributed by atoms with van der Waals surface area (Å²) in [5, 5.41) is 6.12. The van der Waals surface area contributed by atoms with E-state index in [-0.39, 0.29) is 18.3 Å². The summed E-state index contributed by atoms with van der Waals surface area (Å²) in [6, 6.07) is 2.02. The molecule has 116 valence electrons. The van der Waals surface area contributed by atoms with Crippen molar-refractivity contribution in [2.75, 3.05) is 33.4 Å². The van der Waals surface area contributed by atoms with E-state index in [0.717, 1.165) is 30.8 Å². The zero-order valence-corrected chi connectivity index (χ0v) is 14.1. The second-order valence-electron chi connectivity index (χ2n) is 4.44. The second-order valence-corrected chi connectivity index (χ2v) is 5.70. The van der Waals surface area contributed by atoms with Crippen molar-refractivity contribution in [1.29, 1.82) is 0 Å². The van der Waals surface area contributed by atoms with Gasteiger partial charge in [0.05, 0.1) is 11.5 Å². The molecule has 20 heavy (non-hydrogen) atoms. The minimum atomic E-state index is 0. The van der Waals surface area contributed by atoms with E-state index in [2.05, 4.69) is 24.5 Å². The van der Waals surface area contributed by atoms with E-state index in [1.165, 1.54) is 10.4 Å². The molecule has 0 fully saturated rings. The molecule has 1 aromatic heterocycles. The number of halogens is 1. The van der Waals surface area contributed by atoms with Crippen LogP contribution < -0.4 is 10.6 Å². The molecule has 0 aliphatic carbocycles. The summed E-state index contributed by atoms with van der Waals surface area (Å²) in [5.41, 5.74) is 1.30. The van der Waals surface area contributed by atoms with E-state index in [0.29, 0.717) is 13.2 Å². The zero-order chi connectivity index (χ0) is 14.1. The van der Waals surface area contributed by atoms with Crippen LogP contribution in [0, 0.1) is 6.92 Å². The Bertz CT molecular complexity index is 397. The van der Waals surface area contributed by atoms with Crippen molar-refractivity contribution < 1.29 is 9.53 Å². The fraction of sp³-hybridized carbons (Fsp3) is 0.643. The van der Waals surface area contributed by atoms with Crippen molar-refractivity contribution in [1.82, 2.24) is 10.6 Å². The maximum atomic E-state index is 12.0. The number of hydrogen-bond acceptors (Lipinski definition) is 4. The Morgan fingerprint density at radius 2 is 2.10 bits per heavy atom. The lowest BCUT2D eigenvalue weighted by atomic mass is 10.1. The number of carbonyl (C=O) groups excluding carboxylic acids is 1. The Morgan fingerprint density at radius 3 is 2.75 bits per heavy atom. The van der Waals surface area contributed by atoms with Gasteiger partial charge < -0.3 is 15.4 Å². The third-order valence-corrected chi connectivity index (χ3v) is 3.93. The monoisotopic (exact) mass is 320 g/mol. The fourth-order valence-corrected chi connectivity index (χ4v) is 2.79. The summed E-state index contributed by atoms with van der Waals surface area (Å²) in [6.07, 6.45) is 2.16. The van der Waals surface area contributed by atoms with Crippen LogP contribution in [0.15, 0.2) is 6.07 Å². The average molecular weight is 321 g/mol. The molecule has 1 heterocycles. The first kappa shape index (κ1) is 19.4. The van der Waals surface area contributed by atoms with Crippen LogP contribution >= 0.6 is 23.7 Å². The third-order valence-electron chi connectivity index (χ3n) is 2.83. The van der Waals surface area contributed by atoms with Crippen molar-refractivity contribution in [2.45, 2.75) is 26.7 Å². The lowest BCUT2D eigenvalue weighted by molar-refractivity contribution is 0.0957. The van der Waals surface area contributed by atoms with Gasteiger partial charge in [0.25, 0.3) is 5.91 Å². The number of ether oxygens (including phenoxy) is 1. The van der Waals surface area contributed by atoms with Crippen molar-refractivity contribution in [2.24, 2.45) is 0 Å². The van der Waals surface area contributed by atoms with E-state index in [9.17, 15) is 4.79 Å². The lowest BCUT2D eigenvalue weighted by Gasteiger charge is -2.05. The summed E-state index contributed by atoms with van der Waals surface area (Å²) in [7, 11) is 1.68. The van der Waals surface area contributed by atoms with Gasteiger partial charge in [0.1, 0.15) is 0 Å². The summed E-state index contributed by atoms with van der Waals surface area (Å²) in [4.78, 5) is 14.0. The topological polar surface area (TPSA) is 50.4 Å². The zero-order valence-electron chi connectivity index (χ0n) is 12.5. The van der Waals surface area contributed by atoms with Gasteiger partial charge in [-0.2, -0.15) is 0 Å². The largest absolute Gasteiger partial charge is 0.383 e. The van der Waals surface area contributed by atoms with E-state index < -0.39 is 0 Å². The number of methoxy groups -OCH3 is 1. The molecule has 0 spiro atoms. The molecular formula is C14H25ClN2O2S. The van der Waals surface area contributed by atoms with Gasteiger partial charge in [-0.1, -0.05) is 13.3 Å². The molecule has 0 unspecified atom stereocenters. The van der Waals surface area contributed by atoms with Gasteiger partial charge in [0, 0.05) is 31.6 Å². The average Bonchev–Trinajstić information content (AvgIpc) is 2.76. The number of thiophene rings is 1. The van der Waals surface area contributed by atoms with Crippen LogP contribution in [0.5, 0.6) is 0 Å². The highest BCUT2D eigenvalue weighted by Crippen LogP contribution is 2.22. The second kappa shape index (κ2) is 11.1. The molecule has 0 atom stereocenters. The molecule has 1 rings (SSSR count). The quantitative estimate of drug-likeness (QED) is 0.687. The smallest absolute Gasteiger partial charge is 0.261 e. The number of aryl methyl sites for hydroxylation is 2. The minimum Gasteiger partial charge on any atom is -0.383 e. The summed E-state index contributed by atoms with van der Waals surface area (Å²) < 4.78 is 4.93. The number of hydrogen-bond donors (Lipinski definition) is 2. The van der Waals surface area contributed by atoms with E-state index in [1.54, 1.807) is 18.4 Å².